The Hall–Kier alpha value is -1.36. The number of aromatic nitrogens is 2. The van der Waals surface area contributed by atoms with E-state index in [0.717, 1.165) is 70.3 Å². The molecule has 1 aliphatic carbocycles. The first-order chi connectivity index (χ1) is 14.9. The van der Waals surface area contributed by atoms with E-state index in [0.29, 0.717) is 17.7 Å². The summed E-state index contributed by atoms with van der Waals surface area (Å²) in [6, 6.07) is 0. The summed E-state index contributed by atoms with van der Waals surface area (Å²) in [5, 5.41) is 8.11. The highest BCUT2D eigenvalue weighted by atomic mass is 127. The summed E-state index contributed by atoms with van der Waals surface area (Å²) >= 11 is 0. The van der Waals surface area contributed by atoms with Crippen LogP contribution in [-0.4, -0.2) is 89.7 Å². The molecule has 1 saturated carbocycles. The first-order valence-electron chi connectivity index (χ1n) is 11.8. The highest BCUT2D eigenvalue weighted by molar-refractivity contribution is 14.0. The van der Waals surface area contributed by atoms with Crippen LogP contribution < -0.4 is 5.32 Å². The first kappa shape index (κ1) is 26.9. The third kappa shape index (κ3) is 7.07. The van der Waals surface area contributed by atoms with Crippen LogP contribution in [0.5, 0.6) is 0 Å². The summed E-state index contributed by atoms with van der Waals surface area (Å²) in [4.78, 5) is 23.8. The number of aryl methyl sites for hydroxylation is 1. The molecule has 2 aliphatic rings. The van der Waals surface area contributed by atoms with Crippen molar-refractivity contribution in [1.29, 1.82) is 0 Å². The minimum Gasteiger partial charge on any atom is -0.355 e. The van der Waals surface area contributed by atoms with Gasteiger partial charge < -0.3 is 15.1 Å². The Labute approximate surface area is 210 Å². The van der Waals surface area contributed by atoms with Crippen molar-refractivity contribution in [3.8, 4) is 0 Å². The number of amides is 1. The van der Waals surface area contributed by atoms with Gasteiger partial charge in [0, 0.05) is 84.6 Å². The van der Waals surface area contributed by atoms with E-state index in [1.165, 1.54) is 18.4 Å². The second kappa shape index (κ2) is 12.8. The molecule has 1 aromatic heterocycles. The zero-order valence-electron chi connectivity index (χ0n) is 20.5. The van der Waals surface area contributed by atoms with E-state index in [-0.39, 0.29) is 24.0 Å². The second-order valence-electron chi connectivity index (χ2n) is 9.35. The van der Waals surface area contributed by atoms with Crippen LogP contribution in [0.4, 0.5) is 0 Å². The van der Waals surface area contributed by atoms with Crippen LogP contribution in [0.15, 0.2) is 11.2 Å². The summed E-state index contributed by atoms with van der Waals surface area (Å²) in [6.07, 6.45) is 6.72. The van der Waals surface area contributed by atoms with Crippen molar-refractivity contribution in [3.63, 3.8) is 0 Å². The van der Waals surface area contributed by atoms with Crippen molar-refractivity contribution >= 4 is 35.8 Å². The van der Waals surface area contributed by atoms with Gasteiger partial charge in [0.1, 0.15) is 0 Å². The third-order valence-electron chi connectivity index (χ3n) is 6.56. The van der Waals surface area contributed by atoms with Crippen molar-refractivity contribution in [2.24, 2.45) is 18.0 Å². The van der Waals surface area contributed by atoms with E-state index in [4.69, 9.17) is 0 Å². The molecule has 182 valence electrons. The monoisotopic (exact) mass is 559 g/mol. The predicted octanol–water partition coefficient (Wildman–Crippen LogP) is 2.50. The van der Waals surface area contributed by atoms with E-state index >= 15 is 0 Å². The van der Waals surface area contributed by atoms with E-state index in [2.05, 4.69) is 57.2 Å². The first-order valence-corrected chi connectivity index (χ1v) is 11.8. The van der Waals surface area contributed by atoms with E-state index < -0.39 is 0 Å². The Bertz CT molecular complexity index is 750. The van der Waals surface area contributed by atoms with Gasteiger partial charge in [-0.1, -0.05) is 26.7 Å². The Morgan fingerprint density at radius 1 is 1.25 bits per heavy atom. The molecule has 8 nitrogen and oxygen atoms in total. The van der Waals surface area contributed by atoms with E-state index in [1.54, 1.807) is 0 Å². The standard InChI is InChI=1S/C23H41N7O.HI/c1-18(2)21-20(17-28(5)26-21)16-27(4)23(24-3)25-10-11-29-12-14-30(15-13-29)22(31)19-8-6-7-9-19;/h17-19H,6-16H2,1-5H3,(H,24,25);1H. The maximum atomic E-state index is 12.6. The van der Waals surface area contributed by atoms with Gasteiger partial charge in [-0.2, -0.15) is 5.10 Å². The molecule has 9 heteroatoms. The highest BCUT2D eigenvalue weighted by Gasteiger charge is 2.29. The smallest absolute Gasteiger partial charge is 0.225 e. The number of carbonyl (C=O) groups excluding carboxylic acids is 1. The SMILES string of the molecule is CN=C(NCCN1CCN(C(=O)C2CCCC2)CC1)N(C)Cc1cn(C)nc1C(C)C.I. The summed E-state index contributed by atoms with van der Waals surface area (Å²) in [5.41, 5.74) is 2.39. The quantitative estimate of drug-likeness (QED) is 0.316. The molecular weight excluding hydrogens is 517 g/mol. The van der Waals surface area contributed by atoms with Crippen LogP contribution in [0.3, 0.4) is 0 Å². The molecule has 1 amide bonds. The molecule has 0 radical (unpaired) electrons. The van der Waals surface area contributed by atoms with Gasteiger partial charge in [-0.05, 0) is 18.8 Å². The average Bonchev–Trinajstić information content (AvgIpc) is 3.41. The van der Waals surface area contributed by atoms with Crippen LogP contribution in [0.2, 0.25) is 0 Å². The summed E-state index contributed by atoms with van der Waals surface area (Å²) < 4.78 is 1.89. The number of carbonyl (C=O) groups is 1. The molecule has 1 saturated heterocycles. The molecule has 1 aliphatic heterocycles. The average molecular weight is 560 g/mol. The molecule has 0 spiro atoms. The van der Waals surface area contributed by atoms with Gasteiger partial charge >= 0.3 is 0 Å². The van der Waals surface area contributed by atoms with Crippen molar-refractivity contribution in [2.45, 2.75) is 52.0 Å². The number of hydrogen-bond donors (Lipinski definition) is 1. The number of piperazine rings is 1. The molecule has 0 bridgehead atoms. The fourth-order valence-corrected chi connectivity index (χ4v) is 4.83. The molecule has 0 unspecified atom stereocenters. The Balaban J connectivity index is 0.00000363. The number of aliphatic imine (C=N–C) groups is 1. The van der Waals surface area contributed by atoms with Crippen LogP contribution in [-0.2, 0) is 18.4 Å². The number of guanidine groups is 1. The largest absolute Gasteiger partial charge is 0.355 e. The molecular formula is C23H42IN7O. The van der Waals surface area contributed by atoms with Gasteiger partial charge in [0.05, 0.1) is 5.69 Å². The minimum absolute atomic E-state index is 0. The van der Waals surface area contributed by atoms with Crippen LogP contribution in [0.1, 0.15) is 56.7 Å². The molecule has 0 aromatic carbocycles. The summed E-state index contributed by atoms with van der Waals surface area (Å²) in [6.45, 7) is 10.6. The van der Waals surface area contributed by atoms with E-state index in [9.17, 15) is 4.79 Å². The van der Waals surface area contributed by atoms with Crippen molar-refractivity contribution in [3.05, 3.63) is 17.5 Å². The van der Waals surface area contributed by atoms with Crippen molar-refractivity contribution in [2.75, 3.05) is 53.4 Å². The van der Waals surface area contributed by atoms with Gasteiger partial charge in [-0.25, -0.2) is 0 Å². The molecule has 0 atom stereocenters. The lowest BCUT2D eigenvalue weighted by atomic mass is 10.1. The lowest BCUT2D eigenvalue weighted by Gasteiger charge is -2.36. The summed E-state index contributed by atoms with van der Waals surface area (Å²) in [5.74, 6) is 1.99. The molecule has 3 rings (SSSR count). The molecule has 2 heterocycles. The van der Waals surface area contributed by atoms with Crippen LogP contribution >= 0.6 is 24.0 Å². The number of nitrogens with one attached hydrogen (secondary N) is 1. The minimum atomic E-state index is 0. The van der Waals surface area contributed by atoms with Crippen molar-refractivity contribution < 1.29 is 4.79 Å². The Morgan fingerprint density at radius 3 is 2.50 bits per heavy atom. The van der Waals surface area contributed by atoms with Crippen LogP contribution in [0.25, 0.3) is 0 Å². The predicted molar refractivity (Wildman–Crippen MR) is 141 cm³/mol. The van der Waals surface area contributed by atoms with Gasteiger partial charge in [0.2, 0.25) is 5.91 Å². The second-order valence-corrected chi connectivity index (χ2v) is 9.35. The normalized spacial score (nSPS) is 18.2. The maximum Gasteiger partial charge on any atom is 0.225 e. The molecule has 32 heavy (non-hydrogen) atoms. The Morgan fingerprint density at radius 2 is 1.91 bits per heavy atom. The summed E-state index contributed by atoms with van der Waals surface area (Å²) in [7, 11) is 5.88. The Kier molecular flexibility index (Phi) is 10.7. The number of halogens is 1. The number of nitrogens with zero attached hydrogens (tertiary/aromatic N) is 6. The van der Waals surface area contributed by atoms with Gasteiger partial charge in [-0.3, -0.25) is 19.4 Å². The number of hydrogen-bond acceptors (Lipinski definition) is 4. The lowest BCUT2D eigenvalue weighted by Crippen LogP contribution is -2.51. The fraction of sp³-hybridized carbons (Fsp3) is 0.783. The zero-order chi connectivity index (χ0) is 22.4. The maximum absolute atomic E-state index is 12.6. The fourth-order valence-electron chi connectivity index (χ4n) is 4.83. The lowest BCUT2D eigenvalue weighted by molar-refractivity contribution is -0.137. The van der Waals surface area contributed by atoms with Gasteiger partial charge in [-0.15, -0.1) is 24.0 Å². The van der Waals surface area contributed by atoms with Crippen molar-refractivity contribution in [1.82, 2.24) is 29.8 Å². The molecule has 2 fully saturated rings. The van der Waals surface area contributed by atoms with E-state index in [1.807, 2.05) is 18.8 Å². The molecule has 1 aromatic rings. The van der Waals surface area contributed by atoms with Gasteiger partial charge in [0.25, 0.3) is 0 Å². The van der Waals surface area contributed by atoms with Crippen LogP contribution in [0, 0.1) is 5.92 Å². The highest BCUT2D eigenvalue weighted by Crippen LogP contribution is 2.26. The number of rotatable bonds is 7. The third-order valence-corrected chi connectivity index (χ3v) is 6.56. The van der Waals surface area contributed by atoms with Gasteiger partial charge in [0.15, 0.2) is 5.96 Å². The topological polar surface area (TPSA) is 69.0 Å². The molecule has 1 N–H and O–H groups in total. The zero-order valence-corrected chi connectivity index (χ0v) is 22.8.